The van der Waals surface area contributed by atoms with E-state index in [-0.39, 0.29) is 6.61 Å². The molecule has 0 aromatic heterocycles. The fourth-order valence-corrected chi connectivity index (χ4v) is 1.59. The first-order chi connectivity index (χ1) is 8.22. The molecule has 1 aromatic carbocycles. The number of anilines is 2. The third kappa shape index (κ3) is 3.63. The van der Waals surface area contributed by atoms with Gasteiger partial charge in [0.05, 0.1) is 24.5 Å². The summed E-state index contributed by atoms with van der Waals surface area (Å²) >= 11 is 0. The van der Waals surface area contributed by atoms with Crippen LogP contribution in [0.2, 0.25) is 0 Å². The van der Waals surface area contributed by atoms with Crippen molar-refractivity contribution in [2.75, 3.05) is 44.0 Å². The number of benzene rings is 1. The number of nitriles is 1. The van der Waals surface area contributed by atoms with E-state index in [1.807, 2.05) is 4.90 Å². The summed E-state index contributed by atoms with van der Waals surface area (Å²) in [7, 11) is 1.62. The number of rotatable bonds is 6. The third-order valence-electron chi connectivity index (χ3n) is 2.42. The molecule has 1 rings (SSSR count). The van der Waals surface area contributed by atoms with Crippen LogP contribution in [-0.2, 0) is 4.74 Å². The van der Waals surface area contributed by atoms with E-state index in [1.165, 1.54) is 0 Å². The predicted octanol–water partition coefficient (Wildman–Crippen LogP) is 0.586. The van der Waals surface area contributed by atoms with Gasteiger partial charge in [0.1, 0.15) is 6.07 Å². The number of nitrogens with zero attached hydrogens (tertiary/aromatic N) is 2. The molecule has 3 N–H and O–H groups in total. The van der Waals surface area contributed by atoms with Crippen LogP contribution >= 0.6 is 0 Å². The average Bonchev–Trinajstić information content (AvgIpc) is 2.34. The highest BCUT2D eigenvalue weighted by Gasteiger charge is 2.10. The third-order valence-corrected chi connectivity index (χ3v) is 2.42. The van der Waals surface area contributed by atoms with Gasteiger partial charge in [0.25, 0.3) is 0 Å². The second-order valence-corrected chi connectivity index (χ2v) is 3.59. The highest BCUT2D eigenvalue weighted by molar-refractivity contribution is 5.64. The van der Waals surface area contributed by atoms with Crippen LogP contribution in [0.4, 0.5) is 11.4 Å². The Bertz CT molecular complexity index is 401. The van der Waals surface area contributed by atoms with Crippen molar-refractivity contribution < 1.29 is 9.84 Å². The molecule has 5 heteroatoms. The van der Waals surface area contributed by atoms with Gasteiger partial charge in [-0.3, -0.25) is 0 Å². The van der Waals surface area contributed by atoms with Crippen molar-refractivity contribution in [2.24, 2.45) is 0 Å². The molecule has 0 unspecified atom stereocenters. The van der Waals surface area contributed by atoms with Crippen LogP contribution in [0.25, 0.3) is 0 Å². The van der Waals surface area contributed by atoms with E-state index in [0.29, 0.717) is 30.9 Å². The van der Waals surface area contributed by atoms with Crippen LogP contribution in [0.15, 0.2) is 18.2 Å². The van der Waals surface area contributed by atoms with E-state index < -0.39 is 0 Å². The molecule has 0 aliphatic heterocycles. The molecule has 92 valence electrons. The van der Waals surface area contributed by atoms with Crippen LogP contribution in [0, 0.1) is 11.3 Å². The summed E-state index contributed by atoms with van der Waals surface area (Å²) < 4.78 is 5.01. The van der Waals surface area contributed by atoms with Crippen LogP contribution in [0.3, 0.4) is 0 Å². The number of ether oxygens (including phenoxy) is 1. The van der Waals surface area contributed by atoms with Crippen molar-refractivity contribution in [3.05, 3.63) is 23.8 Å². The zero-order valence-corrected chi connectivity index (χ0v) is 9.89. The fraction of sp³-hybridized carbons (Fsp3) is 0.417. The molecule has 0 saturated carbocycles. The minimum absolute atomic E-state index is 0.0267. The van der Waals surface area contributed by atoms with Gasteiger partial charge >= 0.3 is 0 Å². The summed E-state index contributed by atoms with van der Waals surface area (Å²) in [6.07, 6.45) is 0. The standard InChI is InChI=1S/C12H17N3O2/c1-17-7-5-15(4-6-16)12-3-2-11(14)8-10(12)9-13/h2-3,8,16H,4-7,14H2,1H3. The van der Waals surface area contributed by atoms with E-state index in [1.54, 1.807) is 25.3 Å². The Labute approximate surface area is 101 Å². The Kier molecular flexibility index (Phi) is 5.27. The van der Waals surface area contributed by atoms with Gasteiger partial charge in [-0.1, -0.05) is 0 Å². The molecule has 0 saturated heterocycles. The van der Waals surface area contributed by atoms with Crippen LogP contribution < -0.4 is 10.6 Å². The summed E-state index contributed by atoms with van der Waals surface area (Å²) in [4.78, 5) is 1.90. The van der Waals surface area contributed by atoms with Crippen molar-refractivity contribution >= 4 is 11.4 Å². The van der Waals surface area contributed by atoms with Crippen LogP contribution in [0.1, 0.15) is 5.56 Å². The smallest absolute Gasteiger partial charge is 0.101 e. The highest BCUT2D eigenvalue weighted by atomic mass is 16.5. The summed E-state index contributed by atoms with van der Waals surface area (Å²) in [5, 5.41) is 18.1. The van der Waals surface area contributed by atoms with E-state index in [9.17, 15) is 0 Å². The quantitative estimate of drug-likeness (QED) is 0.705. The van der Waals surface area contributed by atoms with Gasteiger partial charge < -0.3 is 20.5 Å². The lowest BCUT2D eigenvalue weighted by Crippen LogP contribution is -2.30. The van der Waals surface area contributed by atoms with Gasteiger partial charge in [-0.15, -0.1) is 0 Å². The fourth-order valence-electron chi connectivity index (χ4n) is 1.59. The van der Waals surface area contributed by atoms with E-state index in [4.69, 9.17) is 20.8 Å². The largest absolute Gasteiger partial charge is 0.399 e. The molecule has 17 heavy (non-hydrogen) atoms. The minimum atomic E-state index is 0.0267. The van der Waals surface area contributed by atoms with Crippen molar-refractivity contribution in [3.8, 4) is 6.07 Å². The van der Waals surface area contributed by atoms with Gasteiger partial charge in [0, 0.05) is 25.9 Å². The molecule has 1 aromatic rings. The van der Waals surface area contributed by atoms with E-state index >= 15 is 0 Å². The second-order valence-electron chi connectivity index (χ2n) is 3.59. The minimum Gasteiger partial charge on any atom is -0.399 e. The predicted molar refractivity (Wildman–Crippen MR) is 66.7 cm³/mol. The number of aliphatic hydroxyl groups excluding tert-OH is 1. The molecule has 0 bridgehead atoms. The first-order valence-corrected chi connectivity index (χ1v) is 5.37. The maximum Gasteiger partial charge on any atom is 0.101 e. The first-order valence-electron chi connectivity index (χ1n) is 5.37. The van der Waals surface area contributed by atoms with E-state index in [2.05, 4.69) is 6.07 Å². The SMILES string of the molecule is COCCN(CCO)c1ccc(N)cc1C#N. The molecule has 0 fully saturated rings. The molecule has 0 amide bonds. The summed E-state index contributed by atoms with van der Waals surface area (Å²) in [5.74, 6) is 0. The number of hydrogen-bond donors (Lipinski definition) is 2. The number of nitrogens with two attached hydrogens (primary N) is 1. The van der Waals surface area contributed by atoms with Crippen LogP contribution in [-0.4, -0.2) is 38.5 Å². The van der Waals surface area contributed by atoms with Crippen molar-refractivity contribution in [1.82, 2.24) is 0 Å². The lowest BCUT2D eigenvalue weighted by molar-refractivity contribution is 0.203. The topological polar surface area (TPSA) is 82.5 Å². The first kappa shape index (κ1) is 13.3. The Morgan fingerprint density at radius 3 is 2.82 bits per heavy atom. The molecule has 5 nitrogen and oxygen atoms in total. The van der Waals surface area contributed by atoms with Crippen molar-refractivity contribution in [3.63, 3.8) is 0 Å². The molecule has 0 atom stereocenters. The van der Waals surface area contributed by atoms with Gasteiger partial charge in [-0.2, -0.15) is 5.26 Å². The van der Waals surface area contributed by atoms with Gasteiger partial charge in [0.15, 0.2) is 0 Å². The summed E-state index contributed by atoms with van der Waals surface area (Å²) in [6.45, 7) is 1.64. The molecule has 0 radical (unpaired) electrons. The molecule has 0 spiro atoms. The Morgan fingerprint density at radius 2 is 2.24 bits per heavy atom. The summed E-state index contributed by atoms with van der Waals surface area (Å²) in [5.41, 5.74) is 7.47. The maximum atomic E-state index is 9.06. The van der Waals surface area contributed by atoms with Crippen LogP contribution in [0.5, 0.6) is 0 Å². The van der Waals surface area contributed by atoms with Crippen molar-refractivity contribution in [2.45, 2.75) is 0 Å². The maximum absolute atomic E-state index is 9.06. The lowest BCUT2D eigenvalue weighted by atomic mass is 10.1. The lowest BCUT2D eigenvalue weighted by Gasteiger charge is -2.24. The number of nitrogen functional groups attached to an aromatic ring is 1. The summed E-state index contributed by atoms with van der Waals surface area (Å²) in [6, 6.07) is 7.27. The zero-order valence-electron chi connectivity index (χ0n) is 9.89. The van der Waals surface area contributed by atoms with Gasteiger partial charge in [-0.05, 0) is 18.2 Å². The number of aliphatic hydroxyl groups is 1. The highest BCUT2D eigenvalue weighted by Crippen LogP contribution is 2.22. The van der Waals surface area contributed by atoms with Gasteiger partial charge in [-0.25, -0.2) is 0 Å². The number of hydrogen-bond acceptors (Lipinski definition) is 5. The number of methoxy groups -OCH3 is 1. The molecule has 0 heterocycles. The monoisotopic (exact) mass is 235 g/mol. The molecule has 0 aliphatic rings. The van der Waals surface area contributed by atoms with Gasteiger partial charge in [0.2, 0.25) is 0 Å². The second kappa shape index (κ2) is 6.74. The van der Waals surface area contributed by atoms with E-state index in [0.717, 1.165) is 5.69 Å². The molecular weight excluding hydrogens is 218 g/mol. The molecule has 0 aliphatic carbocycles. The average molecular weight is 235 g/mol. The zero-order chi connectivity index (χ0) is 12.7. The van der Waals surface area contributed by atoms with Crippen molar-refractivity contribution in [1.29, 1.82) is 5.26 Å². The Morgan fingerprint density at radius 1 is 1.47 bits per heavy atom. The molecular formula is C12H17N3O2. The Balaban J connectivity index is 2.96. The Hall–Kier alpha value is -1.77. The normalized spacial score (nSPS) is 9.94.